The Morgan fingerprint density at radius 2 is 1.86 bits per heavy atom. The zero-order valence-electron chi connectivity index (χ0n) is 11.2. The van der Waals surface area contributed by atoms with Gasteiger partial charge in [-0.15, -0.1) is 0 Å². The molecule has 2 aromatic rings. The summed E-state index contributed by atoms with van der Waals surface area (Å²) in [6.07, 6.45) is 1.51. The number of hydrogen-bond donors (Lipinski definition) is 1. The summed E-state index contributed by atoms with van der Waals surface area (Å²) in [5.41, 5.74) is 2.51. The van der Waals surface area contributed by atoms with Gasteiger partial charge < -0.3 is 10.1 Å². The van der Waals surface area contributed by atoms with Gasteiger partial charge in [0.25, 0.3) is 0 Å². The van der Waals surface area contributed by atoms with Crippen molar-refractivity contribution in [2.75, 3.05) is 5.32 Å². The molecule has 1 aliphatic rings. The molecule has 5 heteroatoms. The largest absolute Gasteiger partial charge is 0.435 e. The standard InChI is InChI=1S/C16H14F3NO/c17-14-3-1-2-13-12(14)8-9-15(13)20-10-4-6-11(7-5-10)21-16(18)19/h1-7,15-16,20H,8-9H2. The van der Waals surface area contributed by atoms with Crippen molar-refractivity contribution in [2.24, 2.45) is 0 Å². The maximum atomic E-state index is 13.7. The molecular formula is C16H14F3NO. The highest BCUT2D eigenvalue weighted by molar-refractivity contribution is 5.50. The number of rotatable bonds is 4. The molecule has 2 nitrogen and oxygen atoms in total. The molecule has 0 saturated carbocycles. The molecule has 1 unspecified atom stereocenters. The number of benzene rings is 2. The predicted molar refractivity (Wildman–Crippen MR) is 74.2 cm³/mol. The normalized spacial score (nSPS) is 16.9. The quantitative estimate of drug-likeness (QED) is 0.894. The van der Waals surface area contributed by atoms with Gasteiger partial charge in [-0.05, 0) is 54.3 Å². The second-order valence-corrected chi connectivity index (χ2v) is 4.95. The van der Waals surface area contributed by atoms with E-state index >= 15 is 0 Å². The Morgan fingerprint density at radius 1 is 1.10 bits per heavy atom. The van der Waals surface area contributed by atoms with Crippen LogP contribution in [0.3, 0.4) is 0 Å². The molecule has 0 aliphatic heterocycles. The minimum Gasteiger partial charge on any atom is -0.435 e. The number of alkyl halides is 2. The van der Waals surface area contributed by atoms with Crippen LogP contribution in [0.1, 0.15) is 23.6 Å². The maximum Gasteiger partial charge on any atom is 0.387 e. The fourth-order valence-electron chi connectivity index (χ4n) is 2.69. The maximum absolute atomic E-state index is 13.7. The van der Waals surface area contributed by atoms with Crippen LogP contribution in [0.4, 0.5) is 18.9 Å². The van der Waals surface area contributed by atoms with Gasteiger partial charge >= 0.3 is 6.61 Å². The lowest BCUT2D eigenvalue weighted by Gasteiger charge is -2.16. The first kappa shape index (κ1) is 13.8. The molecule has 0 amide bonds. The van der Waals surface area contributed by atoms with E-state index in [-0.39, 0.29) is 17.6 Å². The molecule has 0 saturated heterocycles. The highest BCUT2D eigenvalue weighted by Crippen LogP contribution is 2.35. The first-order valence-electron chi connectivity index (χ1n) is 6.72. The third kappa shape index (κ3) is 2.96. The van der Waals surface area contributed by atoms with E-state index in [0.29, 0.717) is 6.42 Å². The monoisotopic (exact) mass is 293 g/mol. The molecule has 3 rings (SSSR count). The van der Waals surface area contributed by atoms with Gasteiger partial charge in [0, 0.05) is 5.69 Å². The average Bonchev–Trinajstić information content (AvgIpc) is 2.85. The minimum atomic E-state index is -2.83. The smallest absolute Gasteiger partial charge is 0.387 e. The van der Waals surface area contributed by atoms with Crippen LogP contribution in [-0.4, -0.2) is 6.61 Å². The summed E-state index contributed by atoms with van der Waals surface area (Å²) in [6, 6.07) is 11.4. The van der Waals surface area contributed by atoms with E-state index in [2.05, 4.69) is 10.1 Å². The van der Waals surface area contributed by atoms with E-state index in [9.17, 15) is 13.2 Å². The first-order chi connectivity index (χ1) is 10.1. The molecule has 21 heavy (non-hydrogen) atoms. The minimum absolute atomic E-state index is 0.0394. The van der Waals surface area contributed by atoms with Crippen molar-refractivity contribution in [1.29, 1.82) is 0 Å². The van der Waals surface area contributed by atoms with Crippen molar-refractivity contribution >= 4 is 5.69 Å². The van der Waals surface area contributed by atoms with E-state index in [1.54, 1.807) is 18.2 Å². The van der Waals surface area contributed by atoms with Gasteiger partial charge in [0.1, 0.15) is 11.6 Å². The fourth-order valence-corrected chi connectivity index (χ4v) is 2.69. The van der Waals surface area contributed by atoms with Gasteiger partial charge in [-0.3, -0.25) is 0 Å². The molecule has 0 radical (unpaired) electrons. The number of nitrogens with one attached hydrogen (secondary N) is 1. The Balaban J connectivity index is 1.73. The van der Waals surface area contributed by atoms with Crippen molar-refractivity contribution in [1.82, 2.24) is 0 Å². The van der Waals surface area contributed by atoms with Crippen LogP contribution < -0.4 is 10.1 Å². The van der Waals surface area contributed by atoms with E-state index in [1.165, 1.54) is 18.2 Å². The van der Waals surface area contributed by atoms with Crippen LogP contribution in [0.5, 0.6) is 5.75 Å². The lowest BCUT2D eigenvalue weighted by molar-refractivity contribution is -0.0498. The van der Waals surface area contributed by atoms with E-state index in [1.807, 2.05) is 6.07 Å². The Bertz CT molecular complexity index is 628. The summed E-state index contributed by atoms with van der Waals surface area (Å²) in [5.74, 6) is -0.0501. The second-order valence-electron chi connectivity index (χ2n) is 4.95. The van der Waals surface area contributed by atoms with E-state index < -0.39 is 6.61 Å². The van der Waals surface area contributed by atoms with Gasteiger partial charge in [0.15, 0.2) is 0 Å². The molecule has 110 valence electrons. The summed E-state index contributed by atoms with van der Waals surface area (Å²) in [6.45, 7) is -2.83. The van der Waals surface area contributed by atoms with Crippen LogP contribution >= 0.6 is 0 Å². The lowest BCUT2D eigenvalue weighted by atomic mass is 10.1. The Morgan fingerprint density at radius 3 is 2.57 bits per heavy atom. The highest BCUT2D eigenvalue weighted by atomic mass is 19.3. The van der Waals surface area contributed by atoms with Crippen LogP contribution in [-0.2, 0) is 6.42 Å². The van der Waals surface area contributed by atoms with Crippen LogP contribution in [0.25, 0.3) is 0 Å². The van der Waals surface area contributed by atoms with E-state index in [4.69, 9.17) is 0 Å². The molecule has 0 fully saturated rings. The summed E-state index contributed by atoms with van der Waals surface area (Å²) >= 11 is 0. The first-order valence-corrected chi connectivity index (χ1v) is 6.72. The van der Waals surface area contributed by atoms with Gasteiger partial charge in [-0.1, -0.05) is 12.1 Å². The lowest BCUT2D eigenvalue weighted by Crippen LogP contribution is -2.07. The topological polar surface area (TPSA) is 21.3 Å². The number of halogens is 3. The van der Waals surface area contributed by atoms with Crippen molar-refractivity contribution in [3.8, 4) is 5.75 Å². The number of anilines is 1. The predicted octanol–water partition coefficient (Wildman–Crippen LogP) is 4.53. The number of fused-ring (bicyclic) bond motifs is 1. The second kappa shape index (κ2) is 5.68. The zero-order valence-corrected chi connectivity index (χ0v) is 11.2. The fraction of sp³-hybridized carbons (Fsp3) is 0.250. The molecule has 1 atom stereocenters. The molecule has 0 bridgehead atoms. The van der Waals surface area contributed by atoms with Crippen LogP contribution in [0.2, 0.25) is 0 Å². The molecule has 1 aliphatic carbocycles. The van der Waals surface area contributed by atoms with Crippen molar-refractivity contribution in [3.63, 3.8) is 0 Å². The molecular weight excluding hydrogens is 279 g/mol. The average molecular weight is 293 g/mol. The number of ether oxygens (including phenoxy) is 1. The molecule has 1 N–H and O–H groups in total. The summed E-state index contributed by atoms with van der Waals surface area (Å²) < 4.78 is 42.1. The van der Waals surface area contributed by atoms with Gasteiger partial charge in [0.2, 0.25) is 0 Å². The van der Waals surface area contributed by atoms with Crippen LogP contribution in [0, 0.1) is 5.82 Å². The molecule has 0 heterocycles. The number of hydrogen-bond acceptors (Lipinski definition) is 2. The van der Waals surface area contributed by atoms with Gasteiger partial charge in [-0.2, -0.15) is 8.78 Å². The summed E-state index contributed by atoms with van der Waals surface area (Å²) in [4.78, 5) is 0. The van der Waals surface area contributed by atoms with Crippen molar-refractivity contribution in [3.05, 3.63) is 59.4 Å². The van der Waals surface area contributed by atoms with Crippen LogP contribution in [0.15, 0.2) is 42.5 Å². The summed E-state index contributed by atoms with van der Waals surface area (Å²) in [5, 5.41) is 3.30. The SMILES string of the molecule is Fc1cccc2c1CCC2Nc1ccc(OC(F)F)cc1. The molecule has 0 aromatic heterocycles. The highest BCUT2D eigenvalue weighted by Gasteiger charge is 2.24. The van der Waals surface area contributed by atoms with Gasteiger partial charge in [0.05, 0.1) is 6.04 Å². The van der Waals surface area contributed by atoms with Gasteiger partial charge in [-0.25, -0.2) is 4.39 Å². The van der Waals surface area contributed by atoms with Crippen molar-refractivity contribution < 1.29 is 17.9 Å². The van der Waals surface area contributed by atoms with Crippen molar-refractivity contribution in [2.45, 2.75) is 25.5 Å². The molecule has 2 aromatic carbocycles. The Kier molecular flexibility index (Phi) is 3.73. The molecule has 0 spiro atoms. The zero-order chi connectivity index (χ0) is 14.8. The summed E-state index contributed by atoms with van der Waals surface area (Å²) in [7, 11) is 0. The Hall–Kier alpha value is -2.17. The third-order valence-electron chi connectivity index (χ3n) is 3.63. The Labute approximate surface area is 120 Å². The third-order valence-corrected chi connectivity index (χ3v) is 3.63. The van der Waals surface area contributed by atoms with E-state index in [0.717, 1.165) is 23.2 Å².